The fourth-order valence-electron chi connectivity index (χ4n) is 2.54. The molecule has 0 aliphatic carbocycles. The number of amides is 1. The summed E-state index contributed by atoms with van der Waals surface area (Å²) in [5, 5.41) is 1.03. The Hall–Kier alpha value is -3.02. The number of carbonyl (C=O) groups excluding carboxylic acids is 2. The molecule has 1 atom stereocenters. The summed E-state index contributed by atoms with van der Waals surface area (Å²) in [6.45, 7) is 1.70. The third kappa shape index (κ3) is 2.90. The van der Waals surface area contributed by atoms with E-state index in [2.05, 4.69) is 0 Å². The smallest absolute Gasteiger partial charge is 0.497 e. The molecule has 24 heavy (non-hydrogen) atoms. The van der Waals surface area contributed by atoms with Crippen LogP contribution in [0.4, 0.5) is 4.79 Å². The molecule has 1 saturated heterocycles. The summed E-state index contributed by atoms with van der Waals surface area (Å²) in [5.41, 5.74) is -0.0585. The fourth-order valence-corrected chi connectivity index (χ4v) is 2.54. The van der Waals surface area contributed by atoms with Crippen molar-refractivity contribution in [3.05, 3.63) is 65.7 Å². The fraction of sp³-hybridized carbons (Fsp3) is 0.222. The molecule has 0 bridgehead atoms. The van der Waals surface area contributed by atoms with Crippen molar-refractivity contribution in [1.82, 2.24) is 5.06 Å². The highest BCUT2D eigenvalue weighted by Crippen LogP contribution is 2.33. The maximum absolute atomic E-state index is 12.8. The Morgan fingerprint density at radius 1 is 1.04 bits per heavy atom. The number of rotatable bonds is 4. The average molecular weight is 327 g/mol. The lowest BCUT2D eigenvalue weighted by Gasteiger charge is -2.37. The first-order valence-electron chi connectivity index (χ1n) is 7.44. The van der Waals surface area contributed by atoms with Gasteiger partial charge in [0, 0.05) is 5.56 Å². The second kappa shape index (κ2) is 6.23. The number of hydroxylamine groups is 2. The quantitative estimate of drug-likeness (QED) is 0.808. The molecule has 0 N–H and O–H groups in total. The molecule has 6 heteroatoms. The summed E-state index contributed by atoms with van der Waals surface area (Å²) >= 11 is 0. The van der Waals surface area contributed by atoms with Gasteiger partial charge in [0.25, 0.3) is 0 Å². The average Bonchev–Trinajstić information content (AvgIpc) is 2.60. The van der Waals surface area contributed by atoms with E-state index in [0.717, 1.165) is 10.6 Å². The summed E-state index contributed by atoms with van der Waals surface area (Å²) in [6, 6.07) is 16.1. The van der Waals surface area contributed by atoms with Crippen molar-refractivity contribution < 1.29 is 23.9 Å². The van der Waals surface area contributed by atoms with Gasteiger partial charge in [0.2, 0.25) is 5.60 Å². The second-order valence-electron chi connectivity index (χ2n) is 5.53. The van der Waals surface area contributed by atoms with Crippen molar-refractivity contribution >= 4 is 12.1 Å². The lowest BCUT2D eigenvalue weighted by atomic mass is 9.94. The minimum Gasteiger partial charge on any atom is -0.497 e. The molecule has 1 fully saturated rings. The van der Waals surface area contributed by atoms with E-state index in [1.807, 2.05) is 30.3 Å². The lowest BCUT2D eigenvalue weighted by Crippen LogP contribution is -2.53. The Kier molecular flexibility index (Phi) is 4.12. The molecule has 1 amide bonds. The van der Waals surface area contributed by atoms with E-state index in [0.29, 0.717) is 11.3 Å². The van der Waals surface area contributed by atoms with Crippen LogP contribution in [0.15, 0.2) is 54.6 Å². The summed E-state index contributed by atoms with van der Waals surface area (Å²) in [4.78, 5) is 29.7. The van der Waals surface area contributed by atoms with Crippen LogP contribution < -0.4 is 4.74 Å². The van der Waals surface area contributed by atoms with Gasteiger partial charge in [-0.2, -0.15) is 5.06 Å². The minimum absolute atomic E-state index is 0.153. The molecule has 0 saturated carbocycles. The van der Waals surface area contributed by atoms with Crippen LogP contribution >= 0.6 is 0 Å². The van der Waals surface area contributed by atoms with Crippen molar-refractivity contribution in [2.24, 2.45) is 0 Å². The molecule has 2 aromatic carbocycles. The van der Waals surface area contributed by atoms with Gasteiger partial charge in [0.15, 0.2) is 0 Å². The molecule has 6 nitrogen and oxygen atoms in total. The van der Waals surface area contributed by atoms with E-state index in [-0.39, 0.29) is 6.54 Å². The first kappa shape index (κ1) is 15.9. The number of methoxy groups -OCH3 is 1. The molecule has 0 aromatic heterocycles. The van der Waals surface area contributed by atoms with E-state index >= 15 is 0 Å². The molecule has 1 aliphatic heterocycles. The zero-order valence-corrected chi connectivity index (χ0v) is 13.4. The van der Waals surface area contributed by atoms with Crippen molar-refractivity contribution in [1.29, 1.82) is 0 Å². The summed E-state index contributed by atoms with van der Waals surface area (Å²) < 4.78 is 10.3. The lowest BCUT2D eigenvalue weighted by molar-refractivity contribution is -0.223. The zero-order valence-electron chi connectivity index (χ0n) is 13.4. The maximum atomic E-state index is 12.8. The molecule has 1 aliphatic rings. The van der Waals surface area contributed by atoms with E-state index in [1.54, 1.807) is 38.3 Å². The highest BCUT2D eigenvalue weighted by Gasteiger charge is 2.48. The van der Waals surface area contributed by atoms with Gasteiger partial charge in [0.1, 0.15) is 5.75 Å². The van der Waals surface area contributed by atoms with Gasteiger partial charge < -0.3 is 14.3 Å². The monoisotopic (exact) mass is 327 g/mol. The first-order valence-corrected chi connectivity index (χ1v) is 7.44. The highest BCUT2D eigenvalue weighted by molar-refractivity contribution is 5.90. The molecule has 3 rings (SSSR count). The summed E-state index contributed by atoms with van der Waals surface area (Å²) in [6.07, 6.45) is -0.913. The zero-order chi connectivity index (χ0) is 17.2. The predicted octanol–water partition coefficient (Wildman–Crippen LogP) is 3.02. The van der Waals surface area contributed by atoms with Gasteiger partial charge in [-0.05, 0) is 24.6 Å². The van der Waals surface area contributed by atoms with E-state index in [4.69, 9.17) is 14.3 Å². The maximum Gasteiger partial charge on any atom is 0.534 e. The van der Waals surface area contributed by atoms with E-state index in [9.17, 15) is 9.59 Å². The number of ether oxygens (including phenoxy) is 2. The van der Waals surface area contributed by atoms with Crippen molar-refractivity contribution in [2.45, 2.75) is 19.1 Å². The largest absolute Gasteiger partial charge is 0.534 e. The normalized spacial score (nSPS) is 20.3. The Morgan fingerprint density at radius 3 is 2.33 bits per heavy atom. The van der Waals surface area contributed by atoms with Crippen LogP contribution in [0.5, 0.6) is 5.75 Å². The molecule has 1 heterocycles. The molecule has 0 radical (unpaired) electrons. The van der Waals surface area contributed by atoms with Gasteiger partial charge in [-0.15, -0.1) is 0 Å². The van der Waals surface area contributed by atoms with Crippen LogP contribution in [0.1, 0.15) is 18.1 Å². The number of benzene rings is 2. The third-order valence-corrected chi connectivity index (χ3v) is 3.92. The first-order chi connectivity index (χ1) is 11.5. The number of hydrogen-bond donors (Lipinski definition) is 0. The van der Waals surface area contributed by atoms with Crippen molar-refractivity contribution in [3.8, 4) is 5.75 Å². The molecule has 1 unspecified atom stereocenters. The van der Waals surface area contributed by atoms with Gasteiger partial charge in [-0.25, -0.2) is 4.79 Å². The minimum atomic E-state index is -1.45. The summed E-state index contributed by atoms with van der Waals surface area (Å²) in [5.74, 6) is 0.199. The van der Waals surface area contributed by atoms with Gasteiger partial charge in [-0.3, -0.25) is 4.79 Å². The summed E-state index contributed by atoms with van der Waals surface area (Å²) in [7, 11) is 1.55. The number of cyclic esters (lactones) is 1. The van der Waals surface area contributed by atoms with Crippen LogP contribution in [0.25, 0.3) is 0 Å². The van der Waals surface area contributed by atoms with Crippen LogP contribution in [-0.4, -0.2) is 24.2 Å². The van der Waals surface area contributed by atoms with E-state index < -0.39 is 17.7 Å². The Balaban J connectivity index is 1.89. The molecular weight excluding hydrogens is 310 g/mol. The Labute approximate surface area is 139 Å². The topological polar surface area (TPSA) is 65.1 Å². The molecular formula is C18H17NO5. The SMILES string of the molecule is COc1ccc(C2(C)OC(=O)ON(Cc3ccccc3)C2=O)cc1. The van der Waals surface area contributed by atoms with Gasteiger partial charge in [0.05, 0.1) is 13.7 Å². The standard InChI is InChI=1S/C18H17NO5/c1-18(14-8-10-15(22-2)11-9-14)16(20)19(24-17(21)23-18)12-13-6-4-3-5-7-13/h3-11H,12H2,1-2H3. The molecule has 2 aromatic rings. The van der Waals surface area contributed by atoms with Crippen LogP contribution in [0, 0.1) is 0 Å². The number of hydrogen-bond acceptors (Lipinski definition) is 5. The molecule has 124 valence electrons. The van der Waals surface area contributed by atoms with Crippen molar-refractivity contribution in [3.63, 3.8) is 0 Å². The van der Waals surface area contributed by atoms with Crippen LogP contribution in [0.3, 0.4) is 0 Å². The van der Waals surface area contributed by atoms with Crippen LogP contribution in [-0.2, 0) is 26.5 Å². The molecule has 0 spiro atoms. The van der Waals surface area contributed by atoms with Crippen molar-refractivity contribution in [2.75, 3.05) is 7.11 Å². The Bertz CT molecular complexity index is 744. The van der Waals surface area contributed by atoms with E-state index in [1.165, 1.54) is 0 Å². The number of carbonyl (C=O) groups is 2. The van der Waals surface area contributed by atoms with Crippen LogP contribution in [0.2, 0.25) is 0 Å². The second-order valence-corrected chi connectivity index (χ2v) is 5.53. The Morgan fingerprint density at radius 2 is 1.71 bits per heavy atom. The number of nitrogens with zero attached hydrogens (tertiary/aromatic N) is 1. The highest BCUT2D eigenvalue weighted by atomic mass is 16.8. The third-order valence-electron chi connectivity index (χ3n) is 3.92. The van der Waals surface area contributed by atoms with Gasteiger partial charge >= 0.3 is 12.1 Å². The predicted molar refractivity (Wildman–Crippen MR) is 84.9 cm³/mol. The van der Waals surface area contributed by atoms with Gasteiger partial charge in [-0.1, -0.05) is 42.5 Å².